The van der Waals surface area contributed by atoms with Crippen molar-refractivity contribution in [2.75, 3.05) is 12.4 Å². The summed E-state index contributed by atoms with van der Waals surface area (Å²) in [6.07, 6.45) is 3.41. The third-order valence-corrected chi connectivity index (χ3v) is 3.63. The van der Waals surface area contributed by atoms with Crippen molar-refractivity contribution in [1.29, 1.82) is 0 Å². The zero-order chi connectivity index (χ0) is 17.6. The van der Waals surface area contributed by atoms with Gasteiger partial charge < -0.3 is 10.2 Å². The fraction of sp³-hybridized carbons (Fsp3) is 0.111. The van der Waals surface area contributed by atoms with E-state index in [9.17, 15) is 0 Å². The van der Waals surface area contributed by atoms with Gasteiger partial charge in [-0.1, -0.05) is 22.8 Å². The van der Waals surface area contributed by atoms with Crippen LogP contribution in [-0.4, -0.2) is 27.8 Å². The number of halogens is 1. The van der Waals surface area contributed by atoms with Crippen LogP contribution in [0.4, 0.5) is 11.6 Å². The molecule has 0 spiro atoms. The molecule has 0 aliphatic rings. The highest BCUT2D eigenvalue weighted by molar-refractivity contribution is 6.30. The zero-order valence-electron chi connectivity index (χ0n) is 13.8. The number of aromatic nitrogens is 3. The van der Waals surface area contributed by atoms with Gasteiger partial charge in [-0.05, 0) is 43.3 Å². The first-order valence-electron chi connectivity index (χ1n) is 7.56. The first kappa shape index (κ1) is 16.9. The molecule has 0 atom stereocenters. The molecule has 0 saturated heterocycles. The standard InChI is InChI=1S/C18H16ClN5O/c1-12(24-25-2)17-10-13(6-8-20-17)16-7-9-21-18(23-16)22-15-5-3-4-14(19)11-15/h3-11H,1-2H3,(H,21,22,23). The average Bonchev–Trinajstić information content (AvgIpc) is 2.62. The van der Waals surface area contributed by atoms with Gasteiger partial charge in [0.15, 0.2) is 0 Å². The minimum atomic E-state index is 0.486. The van der Waals surface area contributed by atoms with E-state index >= 15 is 0 Å². The van der Waals surface area contributed by atoms with Crippen LogP contribution >= 0.6 is 11.6 Å². The van der Waals surface area contributed by atoms with E-state index in [-0.39, 0.29) is 0 Å². The summed E-state index contributed by atoms with van der Waals surface area (Å²) in [5.41, 5.74) is 3.92. The zero-order valence-corrected chi connectivity index (χ0v) is 14.5. The number of nitrogens with one attached hydrogen (secondary N) is 1. The Morgan fingerprint density at radius 1 is 1.12 bits per heavy atom. The number of anilines is 2. The number of hydrogen-bond donors (Lipinski definition) is 1. The van der Waals surface area contributed by atoms with E-state index in [1.165, 1.54) is 7.11 Å². The summed E-state index contributed by atoms with van der Waals surface area (Å²) in [6, 6.07) is 13.0. The van der Waals surface area contributed by atoms with Crippen molar-refractivity contribution in [3.8, 4) is 11.3 Å². The average molecular weight is 354 g/mol. The maximum absolute atomic E-state index is 6.00. The Morgan fingerprint density at radius 3 is 2.76 bits per heavy atom. The van der Waals surface area contributed by atoms with Crippen LogP contribution in [0.3, 0.4) is 0 Å². The minimum absolute atomic E-state index is 0.486. The molecule has 0 bridgehead atoms. The lowest BCUT2D eigenvalue weighted by atomic mass is 10.1. The Morgan fingerprint density at radius 2 is 1.96 bits per heavy atom. The van der Waals surface area contributed by atoms with E-state index in [1.807, 2.05) is 49.4 Å². The van der Waals surface area contributed by atoms with Gasteiger partial charge in [-0.25, -0.2) is 9.97 Å². The van der Waals surface area contributed by atoms with Crippen molar-refractivity contribution in [1.82, 2.24) is 15.0 Å². The van der Waals surface area contributed by atoms with Gasteiger partial charge in [-0.3, -0.25) is 4.98 Å². The molecular weight excluding hydrogens is 338 g/mol. The Hall–Kier alpha value is -2.99. The minimum Gasteiger partial charge on any atom is -0.399 e. The van der Waals surface area contributed by atoms with Crippen LogP contribution in [0.15, 0.2) is 60.0 Å². The van der Waals surface area contributed by atoms with Gasteiger partial charge in [-0.15, -0.1) is 0 Å². The summed E-state index contributed by atoms with van der Waals surface area (Å²) in [4.78, 5) is 17.9. The van der Waals surface area contributed by atoms with Crippen LogP contribution in [0.25, 0.3) is 11.3 Å². The SMILES string of the molecule is CON=C(C)c1cc(-c2ccnc(Nc3cccc(Cl)c3)n2)ccn1. The smallest absolute Gasteiger partial charge is 0.227 e. The second-order valence-corrected chi connectivity index (χ2v) is 5.63. The van der Waals surface area contributed by atoms with Gasteiger partial charge in [0, 0.05) is 28.7 Å². The molecule has 0 aliphatic carbocycles. The highest BCUT2D eigenvalue weighted by Gasteiger charge is 2.07. The van der Waals surface area contributed by atoms with E-state index in [2.05, 4.69) is 25.4 Å². The predicted octanol–water partition coefficient (Wildman–Crippen LogP) is 4.31. The van der Waals surface area contributed by atoms with Gasteiger partial charge in [0.25, 0.3) is 0 Å². The first-order valence-corrected chi connectivity index (χ1v) is 7.93. The molecule has 0 unspecified atom stereocenters. The molecule has 0 amide bonds. The molecule has 2 heterocycles. The van der Waals surface area contributed by atoms with E-state index in [1.54, 1.807) is 12.4 Å². The Labute approximate surface area is 150 Å². The van der Waals surface area contributed by atoms with Crippen LogP contribution in [0.1, 0.15) is 12.6 Å². The molecule has 126 valence electrons. The lowest BCUT2D eigenvalue weighted by molar-refractivity contribution is 0.213. The van der Waals surface area contributed by atoms with Crippen LogP contribution in [-0.2, 0) is 4.84 Å². The number of rotatable bonds is 5. The van der Waals surface area contributed by atoms with Crippen molar-refractivity contribution in [3.63, 3.8) is 0 Å². The highest BCUT2D eigenvalue weighted by Crippen LogP contribution is 2.21. The molecule has 0 fully saturated rings. The highest BCUT2D eigenvalue weighted by atomic mass is 35.5. The molecule has 1 N–H and O–H groups in total. The van der Waals surface area contributed by atoms with Crippen molar-refractivity contribution in [2.45, 2.75) is 6.92 Å². The molecule has 7 heteroatoms. The predicted molar refractivity (Wildman–Crippen MR) is 99.2 cm³/mol. The Balaban J connectivity index is 1.89. The van der Waals surface area contributed by atoms with Crippen LogP contribution in [0, 0.1) is 0 Å². The van der Waals surface area contributed by atoms with Gasteiger partial charge >= 0.3 is 0 Å². The summed E-state index contributed by atoms with van der Waals surface area (Å²) in [7, 11) is 1.51. The third-order valence-electron chi connectivity index (χ3n) is 3.39. The van der Waals surface area contributed by atoms with Crippen LogP contribution < -0.4 is 5.32 Å². The second kappa shape index (κ2) is 7.72. The van der Waals surface area contributed by atoms with Gasteiger partial charge in [-0.2, -0.15) is 0 Å². The molecule has 2 aromatic heterocycles. The maximum atomic E-state index is 6.00. The third kappa shape index (κ3) is 4.30. The lowest BCUT2D eigenvalue weighted by Gasteiger charge is -2.08. The normalized spacial score (nSPS) is 11.2. The lowest BCUT2D eigenvalue weighted by Crippen LogP contribution is -2.01. The van der Waals surface area contributed by atoms with Crippen molar-refractivity contribution >= 4 is 28.9 Å². The van der Waals surface area contributed by atoms with Crippen molar-refractivity contribution < 1.29 is 4.84 Å². The topological polar surface area (TPSA) is 72.3 Å². The number of pyridine rings is 1. The molecule has 3 rings (SSSR count). The monoisotopic (exact) mass is 353 g/mol. The van der Waals surface area contributed by atoms with E-state index in [0.29, 0.717) is 16.7 Å². The second-order valence-electron chi connectivity index (χ2n) is 5.19. The summed E-state index contributed by atoms with van der Waals surface area (Å²) in [5.74, 6) is 0.486. The first-order chi connectivity index (χ1) is 12.2. The molecule has 1 aromatic carbocycles. The summed E-state index contributed by atoms with van der Waals surface area (Å²) in [6.45, 7) is 1.84. The van der Waals surface area contributed by atoms with Crippen LogP contribution in [0.2, 0.25) is 5.02 Å². The maximum Gasteiger partial charge on any atom is 0.227 e. The molecular formula is C18H16ClN5O. The summed E-state index contributed by atoms with van der Waals surface area (Å²) in [5, 5.41) is 7.70. The van der Waals surface area contributed by atoms with Crippen LogP contribution in [0.5, 0.6) is 0 Å². The number of oxime groups is 1. The van der Waals surface area contributed by atoms with Crippen molar-refractivity contribution in [2.24, 2.45) is 5.16 Å². The molecule has 0 radical (unpaired) electrons. The largest absolute Gasteiger partial charge is 0.399 e. The Kier molecular flexibility index (Phi) is 5.20. The fourth-order valence-corrected chi connectivity index (χ4v) is 2.44. The van der Waals surface area contributed by atoms with Gasteiger partial charge in [0.05, 0.1) is 11.4 Å². The number of nitrogens with zero attached hydrogens (tertiary/aromatic N) is 4. The van der Waals surface area contributed by atoms with E-state index in [4.69, 9.17) is 16.4 Å². The van der Waals surface area contributed by atoms with Gasteiger partial charge in [0.2, 0.25) is 5.95 Å². The molecule has 25 heavy (non-hydrogen) atoms. The summed E-state index contributed by atoms with van der Waals surface area (Å²) >= 11 is 6.00. The Bertz CT molecular complexity index is 913. The van der Waals surface area contributed by atoms with Gasteiger partial charge in [0.1, 0.15) is 12.8 Å². The molecule has 0 saturated carbocycles. The quantitative estimate of drug-likeness (QED) is 0.546. The fourth-order valence-electron chi connectivity index (χ4n) is 2.25. The number of benzene rings is 1. The number of hydrogen-bond acceptors (Lipinski definition) is 6. The molecule has 3 aromatic rings. The van der Waals surface area contributed by atoms with E-state index < -0.39 is 0 Å². The van der Waals surface area contributed by atoms with Crippen molar-refractivity contribution in [3.05, 3.63) is 65.6 Å². The van der Waals surface area contributed by atoms with E-state index in [0.717, 1.165) is 22.6 Å². The molecule has 0 aliphatic heterocycles. The molecule has 6 nitrogen and oxygen atoms in total. The summed E-state index contributed by atoms with van der Waals surface area (Å²) < 4.78 is 0.